The number of carbonyl (C=O) groups excluding carboxylic acids is 1. The Labute approximate surface area is 117 Å². The lowest BCUT2D eigenvalue weighted by atomic mass is 9.80. The Balaban J connectivity index is 2.44. The largest absolute Gasteiger partial charge is 0.353 e. The van der Waals surface area contributed by atoms with Gasteiger partial charge in [0.2, 0.25) is 5.91 Å². The van der Waals surface area contributed by atoms with Crippen molar-refractivity contribution in [2.24, 2.45) is 5.41 Å². The quantitative estimate of drug-likeness (QED) is 0.696. The first-order chi connectivity index (χ1) is 9.09. The summed E-state index contributed by atoms with van der Waals surface area (Å²) >= 11 is 0. The highest BCUT2D eigenvalue weighted by Gasteiger charge is 2.36. The van der Waals surface area contributed by atoms with Crippen molar-refractivity contribution < 1.29 is 4.79 Å². The van der Waals surface area contributed by atoms with Crippen molar-refractivity contribution in [3.05, 3.63) is 0 Å². The molecule has 0 aromatic heterocycles. The summed E-state index contributed by atoms with van der Waals surface area (Å²) in [5, 5.41) is 12.3. The Morgan fingerprint density at radius 3 is 2.37 bits per heavy atom. The highest BCUT2D eigenvalue weighted by Crippen LogP contribution is 2.29. The fourth-order valence-corrected chi connectivity index (χ4v) is 2.58. The van der Waals surface area contributed by atoms with Crippen LogP contribution in [0.2, 0.25) is 0 Å². The van der Waals surface area contributed by atoms with Gasteiger partial charge in [-0.15, -0.1) is 0 Å². The molecule has 108 valence electrons. The molecule has 0 bridgehead atoms. The molecule has 0 heterocycles. The van der Waals surface area contributed by atoms with Crippen LogP contribution in [0, 0.1) is 16.7 Å². The van der Waals surface area contributed by atoms with Crippen molar-refractivity contribution in [1.29, 1.82) is 5.26 Å². The van der Waals surface area contributed by atoms with Gasteiger partial charge in [-0.25, -0.2) is 0 Å². The molecule has 1 aliphatic carbocycles. The minimum absolute atomic E-state index is 0.0807. The summed E-state index contributed by atoms with van der Waals surface area (Å²) < 4.78 is 0. The van der Waals surface area contributed by atoms with Crippen molar-refractivity contribution in [1.82, 2.24) is 10.2 Å². The van der Waals surface area contributed by atoms with Crippen LogP contribution in [-0.2, 0) is 4.79 Å². The van der Waals surface area contributed by atoms with Gasteiger partial charge in [0.25, 0.3) is 0 Å². The SMILES string of the molecule is CCCC(C#N)(CCC)C(=O)NCCN(C)C1CC1. The second-order valence-electron chi connectivity index (χ2n) is 5.66. The normalized spacial score (nSPS) is 15.3. The number of likely N-dealkylation sites (N-methyl/N-ethyl adjacent to an activating group) is 1. The van der Waals surface area contributed by atoms with Crippen molar-refractivity contribution in [2.75, 3.05) is 20.1 Å². The third-order valence-corrected chi connectivity index (χ3v) is 3.92. The molecule has 1 fully saturated rings. The lowest BCUT2D eigenvalue weighted by Crippen LogP contribution is -2.43. The average molecular weight is 265 g/mol. The van der Waals surface area contributed by atoms with E-state index in [2.05, 4.69) is 23.3 Å². The lowest BCUT2D eigenvalue weighted by Gasteiger charge is -2.25. The molecule has 1 rings (SSSR count). The molecule has 0 atom stereocenters. The number of nitriles is 1. The highest BCUT2D eigenvalue weighted by molar-refractivity contribution is 5.85. The first-order valence-corrected chi connectivity index (χ1v) is 7.49. The fourth-order valence-electron chi connectivity index (χ4n) is 2.58. The third-order valence-electron chi connectivity index (χ3n) is 3.92. The van der Waals surface area contributed by atoms with Gasteiger partial charge in [0.1, 0.15) is 5.41 Å². The molecule has 0 aromatic carbocycles. The summed E-state index contributed by atoms with van der Waals surface area (Å²) in [5.41, 5.74) is -0.818. The van der Waals surface area contributed by atoms with E-state index in [4.69, 9.17) is 0 Å². The lowest BCUT2D eigenvalue weighted by molar-refractivity contribution is -0.129. The maximum absolute atomic E-state index is 12.3. The van der Waals surface area contributed by atoms with E-state index in [9.17, 15) is 10.1 Å². The Kier molecular flexibility index (Phi) is 6.30. The van der Waals surface area contributed by atoms with Crippen LogP contribution >= 0.6 is 0 Å². The van der Waals surface area contributed by atoms with Crippen molar-refractivity contribution >= 4 is 5.91 Å². The molecule has 0 saturated heterocycles. The number of nitrogens with one attached hydrogen (secondary N) is 1. The van der Waals surface area contributed by atoms with Gasteiger partial charge in [0.05, 0.1) is 6.07 Å². The zero-order chi connectivity index (χ0) is 14.3. The second-order valence-corrected chi connectivity index (χ2v) is 5.66. The first-order valence-electron chi connectivity index (χ1n) is 7.49. The summed E-state index contributed by atoms with van der Waals surface area (Å²) in [4.78, 5) is 14.6. The predicted molar refractivity (Wildman–Crippen MR) is 76.5 cm³/mol. The summed E-state index contributed by atoms with van der Waals surface area (Å²) in [5.74, 6) is -0.0807. The van der Waals surface area contributed by atoms with Crippen LogP contribution in [0.1, 0.15) is 52.4 Å². The van der Waals surface area contributed by atoms with Gasteiger partial charge in [0, 0.05) is 19.1 Å². The molecular weight excluding hydrogens is 238 g/mol. The number of rotatable bonds is 9. The number of hydrogen-bond acceptors (Lipinski definition) is 3. The molecule has 19 heavy (non-hydrogen) atoms. The Hall–Kier alpha value is -1.08. The maximum atomic E-state index is 12.3. The summed E-state index contributed by atoms with van der Waals surface area (Å²) in [6.45, 7) is 5.56. The van der Waals surface area contributed by atoms with Crippen LogP contribution in [0.15, 0.2) is 0 Å². The molecule has 0 unspecified atom stereocenters. The smallest absolute Gasteiger partial charge is 0.240 e. The number of amides is 1. The van der Waals surface area contributed by atoms with Gasteiger partial charge in [0.15, 0.2) is 0 Å². The number of nitrogens with zero attached hydrogens (tertiary/aromatic N) is 2. The van der Waals surface area contributed by atoms with E-state index in [1.54, 1.807) is 0 Å². The van der Waals surface area contributed by atoms with Crippen LogP contribution < -0.4 is 5.32 Å². The van der Waals surface area contributed by atoms with E-state index in [1.165, 1.54) is 12.8 Å². The molecular formula is C15H27N3O. The van der Waals surface area contributed by atoms with Gasteiger partial charge in [-0.3, -0.25) is 4.79 Å². The van der Waals surface area contributed by atoms with Gasteiger partial charge in [-0.1, -0.05) is 26.7 Å². The molecule has 0 aliphatic heterocycles. The van der Waals surface area contributed by atoms with E-state index < -0.39 is 5.41 Å². The zero-order valence-corrected chi connectivity index (χ0v) is 12.5. The zero-order valence-electron chi connectivity index (χ0n) is 12.5. The summed E-state index contributed by atoms with van der Waals surface area (Å²) in [7, 11) is 2.10. The van der Waals surface area contributed by atoms with Gasteiger partial charge < -0.3 is 10.2 Å². The number of hydrogen-bond donors (Lipinski definition) is 1. The van der Waals surface area contributed by atoms with Gasteiger partial charge >= 0.3 is 0 Å². The van der Waals surface area contributed by atoms with Crippen molar-refractivity contribution in [3.63, 3.8) is 0 Å². The molecule has 1 aliphatic rings. The highest BCUT2D eigenvalue weighted by atomic mass is 16.2. The molecule has 1 saturated carbocycles. The summed E-state index contributed by atoms with van der Waals surface area (Å²) in [6.07, 6.45) is 5.59. The molecule has 0 aromatic rings. The fraction of sp³-hybridized carbons (Fsp3) is 0.867. The Morgan fingerprint density at radius 1 is 1.37 bits per heavy atom. The Bertz CT molecular complexity index is 325. The molecule has 4 heteroatoms. The molecule has 0 spiro atoms. The molecule has 4 nitrogen and oxygen atoms in total. The van der Waals surface area contributed by atoms with Gasteiger partial charge in [-0.05, 0) is 32.7 Å². The van der Waals surface area contributed by atoms with Gasteiger partial charge in [-0.2, -0.15) is 5.26 Å². The van der Waals surface area contributed by atoms with Crippen LogP contribution in [-0.4, -0.2) is 37.0 Å². The van der Waals surface area contributed by atoms with E-state index >= 15 is 0 Å². The topological polar surface area (TPSA) is 56.1 Å². The standard InChI is InChI=1S/C15H27N3O/c1-4-8-15(12-16,9-5-2)14(19)17-10-11-18(3)13-6-7-13/h13H,4-11H2,1-3H3,(H,17,19). The predicted octanol–water partition coefficient (Wildman–Crippen LogP) is 2.31. The van der Waals surface area contributed by atoms with E-state index in [0.29, 0.717) is 25.4 Å². The maximum Gasteiger partial charge on any atom is 0.240 e. The van der Waals surface area contributed by atoms with Crippen molar-refractivity contribution in [2.45, 2.75) is 58.4 Å². The molecule has 1 amide bonds. The molecule has 0 radical (unpaired) electrons. The molecule has 1 N–H and O–H groups in total. The summed E-state index contributed by atoms with van der Waals surface area (Å²) in [6, 6.07) is 2.98. The van der Waals surface area contributed by atoms with Crippen LogP contribution in [0.5, 0.6) is 0 Å². The third kappa shape index (κ3) is 4.50. The first kappa shape index (κ1) is 16.0. The van der Waals surface area contributed by atoms with Crippen LogP contribution in [0.3, 0.4) is 0 Å². The number of carbonyl (C=O) groups is 1. The average Bonchev–Trinajstić information content (AvgIpc) is 3.22. The van der Waals surface area contributed by atoms with Crippen molar-refractivity contribution in [3.8, 4) is 6.07 Å². The van der Waals surface area contributed by atoms with Crippen LogP contribution in [0.4, 0.5) is 0 Å². The van der Waals surface area contributed by atoms with E-state index in [0.717, 1.165) is 19.4 Å². The Morgan fingerprint density at radius 2 is 1.95 bits per heavy atom. The minimum Gasteiger partial charge on any atom is -0.353 e. The van der Waals surface area contributed by atoms with E-state index in [1.807, 2.05) is 13.8 Å². The second kappa shape index (κ2) is 7.49. The minimum atomic E-state index is -0.818. The van der Waals surface area contributed by atoms with Crippen LogP contribution in [0.25, 0.3) is 0 Å². The van der Waals surface area contributed by atoms with E-state index in [-0.39, 0.29) is 5.91 Å². The monoisotopic (exact) mass is 265 g/mol.